The summed E-state index contributed by atoms with van der Waals surface area (Å²) >= 11 is 0. The maximum Gasteiger partial charge on any atom is 0.251 e. The predicted molar refractivity (Wildman–Crippen MR) is 93.7 cm³/mol. The van der Waals surface area contributed by atoms with Crippen LogP contribution < -0.4 is 5.32 Å². The van der Waals surface area contributed by atoms with E-state index in [1.54, 1.807) is 24.5 Å². The molecule has 3 aromatic heterocycles. The van der Waals surface area contributed by atoms with Crippen molar-refractivity contribution in [2.45, 2.75) is 6.54 Å². The van der Waals surface area contributed by atoms with E-state index >= 15 is 0 Å². The van der Waals surface area contributed by atoms with Gasteiger partial charge in [0.1, 0.15) is 11.5 Å². The van der Waals surface area contributed by atoms with Crippen molar-refractivity contribution >= 4 is 16.9 Å². The fourth-order valence-corrected chi connectivity index (χ4v) is 2.60. The number of pyridine rings is 1. The molecule has 0 fully saturated rings. The smallest absolute Gasteiger partial charge is 0.251 e. The Morgan fingerprint density at radius 3 is 2.88 bits per heavy atom. The Bertz CT molecular complexity index is 1030. The van der Waals surface area contributed by atoms with Gasteiger partial charge in [0.15, 0.2) is 5.82 Å². The lowest BCUT2D eigenvalue weighted by Gasteiger charge is -2.05. The summed E-state index contributed by atoms with van der Waals surface area (Å²) in [4.78, 5) is 28.6. The predicted octanol–water partition coefficient (Wildman–Crippen LogP) is 2.29. The summed E-state index contributed by atoms with van der Waals surface area (Å²) in [6.07, 6.45) is 5.27. The summed E-state index contributed by atoms with van der Waals surface area (Å²) in [5, 5.41) is 2.88. The van der Waals surface area contributed by atoms with Crippen LogP contribution in [0, 0.1) is 0 Å². The van der Waals surface area contributed by atoms with Crippen molar-refractivity contribution in [3.05, 3.63) is 66.4 Å². The zero-order chi connectivity index (χ0) is 17.2. The quantitative estimate of drug-likeness (QED) is 0.600. The maximum absolute atomic E-state index is 12.4. The lowest BCUT2D eigenvalue weighted by atomic mass is 10.2. The molecule has 124 valence electrons. The molecule has 0 saturated heterocycles. The number of rotatable bonds is 4. The Balaban J connectivity index is 1.56. The number of nitrogens with zero attached hydrogens (tertiary/aromatic N) is 4. The monoisotopic (exact) mass is 332 g/mol. The third kappa shape index (κ3) is 2.99. The van der Waals surface area contributed by atoms with Crippen LogP contribution >= 0.6 is 0 Å². The van der Waals surface area contributed by atoms with E-state index in [1.807, 2.05) is 42.1 Å². The normalized spacial score (nSPS) is 10.9. The minimum absolute atomic E-state index is 0.154. The van der Waals surface area contributed by atoms with Gasteiger partial charge in [-0.15, -0.1) is 0 Å². The third-order valence-electron chi connectivity index (χ3n) is 3.98. The van der Waals surface area contributed by atoms with Crippen LogP contribution in [-0.2, 0) is 13.6 Å². The Kier molecular flexibility index (Phi) is 3.74. The van der Waals surface area contributed by atoms with Gasteiger partial charge in [0, 0.05) is 31.2 Å². The topological polar surface area (TPSA) is 88.5 Å². The molecule has 0 aliphatic carbocycles. The van der Waals surface area contributed by atoms with Gasteiger partial charge < -0.3 is 14.9 Å². The number of imidazole rings is 2. The lowest BCUT2D eigenvalue weighted by molar-refractivity contribution is 0.0949. The Labute approximate surface area is 143 Å². The Morgan fingerprint density at radius 1 is 1.20 bits per heavy atom. The van der Waals surface area contributed by atoms with Gasteiger partial charge in [-0.2, -0.15) is 0 Å². The molecule has 0 aliphatic heterocycles. The molecule has 2 N–H and O–H groups in total. The van der Waals surface area contributed by atoms with E-state index in [2.05, 4.69) is 25.3 Å². The summed E-state index contributed by atoms with van der Waals surface area (Å²) in [7, 11) is 1.89. The maximum atomic E-state index is 12.4. The molecule has 7 heteroatoms. The van der Waals surface area contributed by atoms with Crippen LogP contribution in [0.15, 0.2) is 55.0 Å². The number of amides is 1. The van der Waals surface area contributed by atoms with Crippen molar-refractivity contribution in [3.63, 3.8) is 0 Å². The van der Waals surface area contributed by atoms with Crippen LogP contribution in [0.3, 0.4) is 0 Å². The highest BCUT2D eigenvalue weighted by atomic mass is 16.1. The number of nitrogens with one attached hydrogen (secondary N) is 2. The summed E-state index contributed by atoms with van der Waals surface area (Å²) in [5.74, 6) is 1.33. The van der Waals surface area contributed by atoms with Gasteiger partial charge in [-0.3, -0.25) is 9.78 Å². The molecule has 3 heterocycles. The number of hydrogen-bond acceptors (Lipinski definition) is 4. The second-order valence-electron chi connectivity index (χ2n) is 5.67. The van der Waals surface area contributed by atoms with Crippen molar-refractivity contribution in [2.75, 3.05) is 0 Å². The molecule has 1 aromatic carbocycles. The van der Waals surface area contributed by atoms with Crippen LogP contribution in [0.1, 0.15) is 16.2 Å². The molecule has 4 rings (SSSR count). The van der Waals surface area contributed by atoms with Crippen LogP contribution in [0.4, 0.5) is 0 Å². The van der Waals surface area contributed by atoms with Gasteiger partial charge in [-0.25, -0.2) is 9.97 Å². The molecule has 0 bridgehead atoms. The molecule has 0 spiro atoms. The fraction of sp³-hybridized carbons (Fsp3) is 0.111. The molecule has 7 nitrogen and oxygen atoms in total. The van der Waals surface area contributed by atoms with Crippen molar-refractivity contribution in [2.24, 2.45) is 7.05 Å². The first-order valence-electron chi connectivity index (χ1n) is 7.86. The Morgan fingerprint density at radius 2 is 2.12 bits per heavy atom. The second kappa shape index (κ2) is 6.20. The van der Waals surface area contributed by atoms with E-state index in [0.717, 1.165) is 22.6 Å². The summed E-state index contributed by atoms with van der Waals surface area (Å²) in [5.41, 5.74) is 2.92. The molecular weight excluding hydrogens is 316 g/mol. The Hall–Kier alpha value is -3.48. The minimum Gasteiger partial charge on any atom is -0.345 e. The number of hydrogen-bond donors (Lipinski definition) is 2. The minimum atomic E-state index is -0.154. The molecular formula is C18H16N6O. The van der Waals surface area contributed by atoms with Crippen LogP contribution in [0.25, 0.3) is 22.6 Å². The summed E-state index contributed by atoms with van der Waals surface area (Å²) < 4.78 is 1.87. The van der Waals surface area contributed by atoms with Gasteiger partial charge in [0.05, 0.1) is 17.6 Å². The van der Waals surface area contributed by atoms with Gasteiger partial charge in [0.25, 0.3) is 5.91 Å². The number of carbonyl (C=O) groups excluding carboxylic acids is 1. The fourth-order valence-electron chi connectivity index (χ4n) is 2.60. The first-order chi connectivity index (χ1) is 12.2. The molecule has 0 unspecified atom stereocenters. The lowest BCUT2D eigenvalue weighted by Crippen LogP contribution is -2.24. The van der Waals surface area contributed by atoms with Crippen LogP contribution in [-0.4, -0.2) is 30.4 Å². The molecule has 4 aromatic rings. The number of aromatic amines is 1. The first kappa shape index (κ1) is 15.1. The average Bonchev–Trinajstić information content (AvgIpc) is 3.25. The largest absolute Gasteiger partial charge is 0.345 e. The van der Waals surface area contributed by atoms with Crippen LogP contribution in [0.5, 0.6) is 0 Å². The van der Waals surface area contributed by atoms with Gasteiger partial charge in [-0.05, 0) is 30.3 Å². The number of benzene rings is 1. The molecule has 0 aliphatic rings. The van der Waals surface area contributed by atoms with E-state index in [4.69, 9.17) is 0 Å². The summed E-state index contributed by atoms with van der Waals surface area (Å²) in [6, 6.07) is 11.0. The number of aromatic nitrogens is 5. The highest BCUT2D eigenvalue weighted by Gasteiger charge is 2.11. The summed E-state index contributed by atoms with van der Waals surface area (Å²) in [6.45, 7) is 0.378. The van der Waals surface area contributed by atoms with E-state index < -0.39 is 0 Å². The van der Waals surface area contributed by atoms with Crippen LogP contribution in [0.2, 0.25) is 0 Å². The molecule has 0 saturated carbocycles. The van der Waals surface area contributed by atoms with Crippen molar-refractivity contribution in [1.29, 1.82) is 0 Å². The van der Waals surface area contributed by atoms with E-state index in [0.29, 0.717) is 17.9 Å². The first-order valence-corrected chi connectivity index (χ1v) is 7.86. The zero-order valence-corrected chi connectivity index (χ0v) is 13.6. The zero-order valence-electron chi connectivity index (χ0n) is 13.6. The average molecular weight is 332 g/mol. The second-order valence-corrected chi connectivity index (χ2v) is 5.67. The highest BCUT2D eigenvalue weighted by molar-refractivity contribution is 5.97. The third-order valence-corrected chi connectivity index (χ3v) is 3.98. The number of carbonyl (C=O) groups is 1. The van der Waals surface area contributed by atoms with Gasteiger partial charge in [-0.1, -0.05) is 6.07 Å². The molecule has 25 heavy (non-hydrogen) atoms. The van der Waals surface area contributed by atoms with Gasteiger partial charge in [0.2, 0.25) is 0 Å². The van der Waals surface area contributed by atoms with Gasteiger partial charge >= 0.3 is 0 Å². The molecule has 0 radical (unpaired) electrons. The molecule has 0 atom stereocenters. The van der Waals surface area contributed by atoms with E-state index in [-0.39, 0.29) is 5.91 Å². The number of aryl methyl sites for hydroxylation is 1. The SMILES string of the molecule is Cn1ccnc1CNC(=O)c1ccc2nc(-c3ccccn3)[nH]c2c1. The van der Waals surface area contributed by atoms with E-state index in [9.17, 15) is 4.79 Å². The van der Waals surface area contributed by atoms with Crippen molar-refractivity contribution in [3.8, 4) is 11.5 Å². The van der Waals surface area contributed by atoms with Crippen molar-refractivity contribution in [1.82, 2.24) is 29.8 Å². The number of H-pyrrole nitrogens is 1. The molecule has 1 amide bonds. The number of fused-ring (bicyclic) bond motifs is 1. The highest BCUT2D eigenvalue weighted by Crippen LogP contribution is 2.19. The standard InChI is InChI=1S/C18H16N6O/c1-24-9-8-20-16(24)11-21-18(25)12-5-6-13-15(10-12)23-17(22-13)14-4-2-3-7-19-14/h2-10H,11H2,1H3,(H,21,25)(H,22,23). The van der Waals surface area contributed by atoms with Crippen molar-refractivity contribution < 1.29 is 4.79 Å². The van der Waals surface area contributed by atoms with E-state index in [1.165, 1.54) is 0 Å².